The molecule has 0 saturated carbocycles. The average Bonchev–Trinajstić information content (AvgIpc) is 2.66. The molecule has 1 aliphatic rings. The molecule has 3 rings (SSSR count). The molecular weight excluding hydrogens is 234 g/mol. The van der Waals surface area contributed by atoms with Gasteiger partial charge in [0, 0.05) is 54.3 Å². The van der Waals surface area contributed by atoms with Gasteiger partial charge in [-0.3, -0.25) is 4.90 Å². The Labute approximate surface area is 106 Å². The SMILES string of the molecule is NCCN1CCn2c(cc3ccc(Cl)cc32)C1. The molecule has 0 bridgehead atoms. The minimum atomic E-state index is 0.728. The number of benzene rings is 1. The summed E-state index contributed by atoms with van der Waals surface area (Å²) in [5, 5.41) is 2.08. The van der Waals surface area contributed by atoms with E-state index in [0.717, 1.165) is 37.7 Å². The predicted molar refractivity (Wildman–Crippen MR) is 71.3 cm³/mol. The van der Waals surface area contributed by atoms with Crippen LogP contribution in [0, 0.1) is 0 Å². The Morgan fingerprint density at radius 1 is 1.24 bits per heavy atom. The number of halogens is 1. The summed E-state index contributed by atoms with van der Waals surface area (Å²) in [7, 11) is 0. The van der Waals surface area contributed by atoms with Crippen LogP contribution in [0.1, 0.15) is 5.69 Å². The lowest BCUT2D eigenvalue weighted by atomic mass is 10.2. The monoisotopic (exact) mass is 249 g/mol. The first-order valence-electron chi connectivity index (χ1n) is 5.98. The van der Waals surface area contributed by atoms with E-state index in [2.05, 4.69) is 27.7 Å². The van der Waals surface area contributed by atoms with Crippen LogP contribution < -0.4 is 5.73 Å². The van der Waals surface area contributed by atoms with E-state index in [1.807, 2.05) is 6.07 Å². The predicted octanol–water partition coefficient (Wildman–Crippen LogP) is 2.07. The second kappa shape index (κ2) is 4.33. The van der Waals surface area contributed by atoms with Gasteiger partial charge >= 0.3 is 0 Å². The van der Waals surface area contributed by atoms with Crippen LogP contribution in [0.2, 0.25) is 5.02 Å². The number of nitrogens with zero attached hydrogens (tertiary/aromatic N) is 2. The smallest absolute Gasteiger partial charge is 0.0498 e. The summed E-state index contributed by atoms with van der Waals surface area (Å²) in [6, 6.07) is 8.36. The lowest BCUT2D eigenvalue weighted by molar-refractivity contribution is 0.229. The van der Waals surface area contributed by atoms with Crippen LogP contribution in [0.25, 0.3) is 10.9 Å². The first-order chi connectivity index (χ1) is 8.28. The molecule has 0 unspecified atom stereocenters. The third kappa shape index (κ3) is 1.95. The number of nitrogens with two attached hydrogens (primary N) is 1. The van der Waals surface area contributed by atoms with E-state index in [0.29, 0.717) is 0 Å². The summed E-state index contributed by atoms with van der Waals surface area (Å²) in [6.45, 7) is 4.79. The van der Waals surface area contributed by atoms with Crippen molar-refractivity contribution in [2.75, 3.05) is 19.6 Å². The molecule has 0 atom stereocenters. The quantitative estimate of drug-likeness (QED) is 0.884. The molecule has 2 N–H and O–H groups in total. The molecule has 3 nitrogen and oxygen atoms in total. The molecule has 1 aromatic carbocycles. The highest BCUT2D eigenvalue weighted by atomic mass is 35.5. The zero-order valence-corrected chi connectivity index (χ0v) is 10.5. The van der Waals surface area contributed by atoms with E-state index < -0.39 is 0 Å². The molecule has 17 heavy (non-hydrogen) atoms. The van der Waals surface area contributed by atoms with Gasteiger partial charge in [0.2, 0.25) is 0 Å². The summed E-state index contributed by atoms with van der Waals surface area (Å²) < 4.78 is 2.37. The molecule has 1 aliphatic heterocycles. The average molecular weight is 250 g/mol. The standard InChI is InChI=1S/C13H16ClN3/c14-11-2-1-10-7-12-9-16(4-3-15)5-6-17(12)13(10)8-11/h1-2,7-8H,3-6,9,15H2. The molecule has 2 heterocycles. The van der Waals surface area contributed by atoms with Gasteiger partial charge < -0.3 is 10.3 Å². The molecule has 0 saturated heterocycles. The summed E-state index contributed by atoms with van der Waals surface area (Å²) in [5.74, 6) is 0. The van der Waals surface area contributed by atoms with Crippen LogP contribution in [-0.2, 0) is 13.1 Å². The van der Waals surface area contributed by atoms with Crippen molar-refractivity contribution in [3.8, 4) is 0 Å². The van der Waals surface area contributed by atoms with E-state index >= 15 is 0 Å². The van der Waals surface area contributed by atoms with E-state index in [4.69, 9.17) is 17.3 Å². The van der Waals surface area contributed by atoms with Crippen molar-refractivity contribution in [1.82, 2.24) is 9.47 Å². The maximum Gasteiger partial charge on any atom is 0.0498 e. The van der Waals surface area contributed by atoms with Gasteiger partial charge in [-0.15, -0.1) is 0 Å². The van der Waals surface area contributed by atoms with Gasteiger partial charge in [0.25, 0.3) is 0 Å². The van der Waals surface area contributed by atoms with Gasteiger partial charge in [-0.25, -0.2) is 0 Å². The molecule has 2 aromatic rings. The fraction of sp³-hybridized carbons (Fsp3) is 0.385. The van der Waals surface area contributed by atoms with Crippen molar-refractivity contribution in [3.05, 3.63) is 35.0 Å². The first kappa shape index (κ1) is 11.1. The Kier molecular flexibility index (Phi) is 2.82. The van der Waals surface area contributed by atoms with Crippen molar-refractivity contribution in [1.29, 1.82) is 0 Å². The zero-order valence-electron chi connectivity index (χ0n) is 9.69. The summed E-state index contributed by atoms with van der Waals surface area (Å²) in [5.41, 5.74) is 8.22. The van der Waals surface area contributed by atoms with Gasteiger partial charge in [0.05, 0.1) is 0 Å². The normalized spacial score (nSPS) is 16.4. The fourth-order valence-corrected chi connectivity index (χ4v) is 2.77. The van der Waals surface area contributed by atoms with Crippen LogP contribution in [0.5, 0.6) is 0 Å². The second-order valence-electron chi connectivity index (χ2n) is 4.56. The Hall–Kier alpha value is -1.03. The van der Waals surface area contributed by atoms with Crippen LogP contribution in [-0.4, -0.2) is 29.1 Å². The van der Waals surface area contributed by atoms with Crippen LogP contribution in [0.4, 0.5) is 0 Å². The van der Waals surface area contributed by atoms with Crippen molar-refractivity contribution in [2.24, 2.45) is 5.73 Å². The van der Waals surface area contributed by atoms with Gasteiger partial charge in [0.15, 0.2) is 0 Å². The largest absolute Gasteiger partial charge is 0.342 e. The van der Waals surface area contributed by atoms with E-state index in [9.17, 15) is 0 Å². The van der Waals surface area contributed by atoms with Crippen molar-refractivity contribution < 1.29 is 0 Å². The number of hydrogen-bond acceptors (Lipinski definition) is 2. The molecule has 0 fully saturated rings. The fourth-order valence-electron chi connectivity index (χ4n) is 2.60. The lowest BCUT2D eigenvalue weighted by Crippen LogP contribution is -2.36. The van der Waals surface area contributed by atoms with Crippen molar-refractivity contribution in [3.63, 3.8) is 0 Å². The highest BCUT2D eigenvalue weighted by Gasteiger charge is 2.17. The summed E-state index contributed by atoms with van der Waals surface area (Å²) >= 11 is 6.06. The van der Waals surface area contributed by atoms with Gasteiger partial charge in [-0.2, -0.15) is 0 Å². The zero-order chi connectivity index (χ0) is 11.8. The third-order valence-electron chi connectivity index (χ3n) is 3.42. The third-order valence-corrected chi connectivity index (χ3v) is 3.66. The van der Waals surface area contributed by atoms with Crippen LogP contribution >= 0.6 is 11.6 Å². The number of fused-ring (bicyclic) bond motifs is 3. The topological polar surface area (TPSA) is 34.2 Å². The molecule has 1 aromatic heterocycles. The van der Waals surface area contributed by atoms with E-state index in [1.54, 1.807) is 0 Å². The molecule has 4 heteroatoms. The summed E-state index contributed by atoms with van der Waals surface area (Å²) in [4.78, 5) is 2.40. The minimum Gasteiger partial charge on any atom is -0.342 e. The van der Waals surface area contributed by atoms with Gasteiger partial charge in [-0.05, 0) is 18.2 Å². The molecule has 0 radical (unpaired) electrons. The highest BCUT2D eigenvalue weighted by molar-refractivity contribution is 6.31. The highest BCUT2D eigenvalue weighted by Crippen LogP contribution is 2.26. The Balaban J connectivity index is 2.01. The Bertz CT molecular complexity index is 547. The summed E-state index contributed by atoms with van der Waals surface area (Å²) in [6.07, 6.45) is 0. The maximum absolute atomic E-state index is 6.06. The molecular formula is C13H16ClN3. The van der Waals surface area contributed by atoms with Crippen LogP contribution in [0.15, 0.2) is 24.3 Å². The lowest BCUT2D eigenvalue weighted by Gasteiger charge is -2.28. The molecule has 0 amide bonds. The van der Waals surface area contributed by atoms with Crippen LogP contribution in [0.3, 0.4) is 0 Å². The van der Waals surface area contributed by atoms with Gasteiger partial charge in [0.1, 0.15) is 0 Å². The van der Waals surface area contributed by atoms with Gasteiger partial charge in [-0.1, -0.05) is 17.7 Å². The molecule has 0 spiro atoms. The number of rotatable bonds is 2. The van der Waals surface area contributed by atoms with E-state index in [-0.39, 0.29) is 0 Å². The second-order valence-corrected chi connectivity index (χ2v) is 4.99. The number of aromatic nitrogens is 1. The van der Waals surface area contributed by atoms with E-state index in [1.165, 1.54) is 16.6 Å². The minimum absolute atomic E-state index is 0.728. The Morgan fingerprint density at radius 3 is 2.94 bits per heavy atom. The number of hydrogen-bond donors (Lipinski definition) is 1. The van der Waals surface area contributed by atoms with Crippen molar-refractivity contribution in [2.45, 2.75) is 13.1 Å². The molecule has 90 valence electrons. The Morgan fingerprint density at radius 2 is 2.12 bits per heavy atom. The maximum atomic E-state index is 6.06. The van der Waals surface area contributed by atoms with Crippen molar-refractivity contribution >= 4 is 22.5 Å². The molecule has 0 aliphatic carbocycles. The first-order valence-corrected chi connectivity index (χ1v) is 6.36.